The van der Waals surface area contributed by atoms with Crippen molar-refractivity contribution in [2.75, 3.05) is 13.1 Å². The van der Waals surface area contributed by atoms with Gasteiger partial charge in [0.25, 0.3) is 17.5 Å². The molecule has 1 fully saturated rings. The van der Waals surface area contributed by atoms with Crippen LogP contribution in [0.2, 0.25) is 0 Å². The van der Waals surface area contributed by atoms with Crippen LogP contribution in [0.15, 0.2) is 18.2 Å². The Morgan fingerprint density at radius 2 is 1.52 bits per heavy atom. The molecule has 1 aromatic carbocycles. The topological polar surface area (TPSA) is 122 Å². The van der Waals surface area contributed by atoms with Gasteiger partial charge in [-0.1, -0.05) is 57.8 Å². The van der Waals surface area contributed by atoms with Gasteiger partial charge in [-0.3, -0.25) is 24.6 Å². The van der Waals surface area contributed by atoms with E-state index in [0.717, 1.165) is 36.6 Å². The molecule has 0 spiro atoms. The molecule has 4 amide bonds. The minimum atomic E-state index is -0.592. The molecule has 9 heteroatoms. The second-order valence-electron chi connectivity index (χ2n) is 8.96. The summed E-state index contributed by atoms with van der Waals surface area (Å²) in [4.78, 5) is 48.8. The maximum Gasteiger partial charge on any atom is 0.315 e. The molecule has 1 aliphatic heterocycles. The van der Waals surface area contributed by atoms with Gasteiger partial charge in [-0.15, -0.1) is 0 Å². The van der Waals surface area contributed by atoms with Crippen LogP contribution in [0.5, 0.6) is 0 Å². The fourth-order valence-corrected chi connectivity index (χ4v) is 4.58. The van der Waals surface area contributed by atoms with Gasteiger partial charge < -0.3 is 10.6 Å². The molecule has 0 saturated heterocycles. The minimum absolute atomic E-state index is 0.0578. The van der Waals surface area contributed by atoms with Crippen LogP contribution in [-0.2, 0) is 0 Å². The highest BCUT2D eigenvalue weighted by atomic mass is 16.6. The van der Waals surface area contributed by atoms with E-state index < -0.39 is 16.7 Å². The number of non-ortho nitro benzene ring substituents is 1. The number of nitrogens with zero attached hydrogens (tertiary/aromatic N) is 2. The van der Waals surface area contributed by atoms with E-state index in [0.29, 0.717) is 13.0 Å². The quantitative estimate of drug-likeness (QED) is 0.280. The predicted octanol–water partition coefficient (Wildman–Crippen LogP) is 4.55. The monoisotopic (exact) mass is 458 g/mol. The van der Waals surface area contributed by atoms with E-state index in [1.54, 1.807) is 0 Å². The fraction of sp³-hybridized carbons (Fsp3) is 0.625. The van der Waals surface area contributed by atoms with Crippen LogP contribution in [0, 0.1) is 10.1 Å². The molecule has 33 heavy (non-hydrogen) atoms. The maximum atomic E-state index is 12.5. The van der Waals surface area contributed by atoms with Gasteiger partial charge in [-0.05, 0) is 25.3 Å². The van der Waals surface area contributed by atoms with Gasteiger partial charge in [-0.2, -0.15) is 0 Å². The van der Waals surface area contributed by atoms with Crippen LogP contribution in [0.1, 0.15) is 97.8 Å². The van der Waals surface area contributed by atoms with Crippen LogP contribution >= 0.6 is 0 Å². The molecule has 180 valence electrons. The van der Waals surface area contributed by atoms with Crippen LogP contribution in [0.3, 0.4) is 0 Å². The number of nitrogens with one attached hydrogen (secondary N) is 2. The Balaban J connectivity index is 1.41. The molecule has 2 aliphatic rings. The molecule has 1 aromatic rings. The number of hydrogen-bond acceptors (Lipinski definition) is 5. The third-order valence-corrected chi connectivity index (χ3v) is 6.45. The van der Waals surface area contributed by atoms with Gasteiger partial charge in [0.15, 0.2) is 0 Å². The van der Waals surface area contributed by atoms with Crippen molar-refractivity contribution in [3.63, 3.8) is 0 Å². The van der Waals surface area contributed by atoms with Crippen LogP contribution in [0.25, 0.3) is 0 Å². The van der Waals surface area contributed by atoms with Crippen molar-refractivity contribution in [2.45, 2.75) is 83.1 Å². The smallest absolute Gasteiger partial charge is 0.315 e. The zero-order chi connectivity index (χ0) is 23.6. The Morgan fingerprint density at radius 3 is 2.12 bits per heavy atom. The van der Waals surface area contributed by atoms with Crippen molar-refractivity contribution < 1.29 is 19.3 Å². The number of fused-ring (bicyclic) bond motifs is 1. The molecule has 1 saturated carbocycles. The van der Waals surface area contributed by atoms with Crippen LogP contribution < -0.4 is 10.6 Å². The third kappa shape index (κ3) is 7.00. The fourth-order valence-electron chi connectivity index (χ4n) is 4.58. The van der Waals surface area contributed by atoms with E-state index >= 15 is 0 Å². The first-order chi connectivity index (χ1) is 16.0. The number of amides is 4. The lowest BCUT2D eigenvalue weighted by Crippen LogP contribution is -2.43. The predicted molar refractivity (Wildman–Crippen MR) is 124 cm³/mol. The zero-order valence-electron chi connectivity index (χ0n) is 19.1. The number of nitro groups is 1. The highest BCUT2D eigenvalue weighted by molar-refractivity contribution is 6.21. The summed E-state index contributed by atoms with van der Waals surface area (Å²) in [5.74, 6) is -0.987. The summed E-state index contributed by atoms with van der Waals surface area (Å²) in [6.07, 6.45) is 13.6. The van der Waals surface area contributed by atoms with E-state index in [-0.39, 0.29) is 35.4 Å². The molecule has 0 bridgehead atoms. The van der Waals surface area contributed by atoms with E-state index in [1.807, 2.05) is 0 Å². The minimum Gasteiger partial charge on any atom is -0.338 e. The van der Waals surface area contributed by atoms with E-state index in [1.165, 1.54) is 57.1 Å². The molecule has 0 atom stereocenters. The second-order valence-corrected chi connectivity index (χ2v) is 8.96. The van der Waals surface area contributed by atoms with Gasteiger partial charge >= 0.3 is 6.03 Å². The summed E-state index contributed by atoms with van der Waals surface area (Å²) in [5, 5.41) is 16.8. The molecule has 9 nitrogen and oxygen atoms in total. The first-order valence-electron chi connectivity index (χ1n) is 12.2. The Kier molecular flexibility index (Phi) is 9.21. The van der Waals surface area contributed by atoms with Crippen LogP contribution in [-0.4, -0.2) is 46.8 Å². The number of urea groups is 1. The number of nitro benzene ring substituents is 1. The molecular weight excluding hydrogens is 424 g/mol. The summed E-state index contributed by atoms with van der Waals surface area (Å²) in [6, 6.07) is 3.65. The lowest BCUT2D eigenvalue weighted by atomic mass is 9.98. The van der Waals surface area contributed by atoms with Gasteiger partial charge in [0.2, 0.25) is 0 Å². The lowest BCUT2D eigenvalue weighted by molar-refractivity contribution is -0.384. The van der Waals surface area contributed by atoms with Crippen molar-refractivity contribution in [3.05, 3.63) is 39.4 Å². The molecule has 0 unspecified atom stereocenters. The van der Waals surface area contributed by atoms with E-state index in [4.69, 9.17) is 0 Å². The first-order valence-corrected chi connectivity index (χ1v) is 12.2. The molecule has 1 heterocycles. The van der Waals surface area contributed by atoms with Gasteiger partial charge in [0, 0.05) is 31.3 Å². The summed E-state index contributed by atoms with van der Waals surface area (Å²) < 4.78 is 0. The number of carbonyl (C=O) groups excluding carboxylic acids is 3. The first kappa shape index (κ1) is 24.7. The van der Waals surface area contributed by atoms with Crippen molar-refractivity contribution in [1.29, 1.82) is 0 Å². The maximum absolute atomic E-state index is 12.5. The Bertz CT molecular complexity index is 860. The molecule has 1 aliphatic carbocycles. The molecule has 0 radical (unpaired) electrons. The summed E-state index contributed by atoms with van der Waals surface area (Å²) >= 11 is 0. The molecule has 2 N–H and O–H groups in total. The summed E-state index contributed by atoms with van der Waals surface area (Å²) in [7, 11) is 0. The average Bonchev–Trinajstić information content (AvgIpc) is 3.02. The highest BCUT2D eigenvalue weighted by Crippen LogP contribution is 2.26. The van der Waals surface area contributed by atoms with Crippen molar-refractivity contribution in [3.8, 4) is 0 Å². The van der Waals surface area contributed by atoms with Crippen LogP contribution in [0.4, 0.5) is 10.5 Å². The summed E-state index contributed by atoms with van der Waals surface area (Å²) in [6.45, 7) is 0.468. The average molecular weight is 459 g/mol. The third-order valence-electron chi connectivity index (χ3n) is 6.45. The molecule has 3 rings (SSSR count). The van der Waals surface area contributed by atoms with Crippen molar-refractivity contribution in [2.24, 2.45) is 0 Å². The lowest BCUT2D eigenvalue weighted by Gasteiger charge is -2.20. The van der Waals surface area contributed by atoms with E-state index in [2.05, 4.69) is 10.6 Å². The number of carbonyl (C=O) groups is 3. The number of hydrogen-bond donors (Lipinski definition) is 2. The van der Waals surface area contributed by atoms with Crippen molar-refractivity contribution >= 4 is 23.5 Å². The van der Waals surface area contributed by atoms with Crippen molar-refractivity contribution in [1.82, 2.24) is 15.5 Å². The Morgan fingerprint density at radius 1 is 0.939 bits per heavy atom. The van der Waals surface area contributed by atoms with Gasteiger partial charge in [0.05, 0.1) is 16.1 Å². The highest BCUT2D eigenvalue weighted by Gasteiger charge is 2.36. The van der Waals surface area contributed by atoms with Gasteiger partial charge in [0.1, 0.15) is 0 Å². The van der Waals surface area contributed by atoms with E-state index in [9.17, 15) is 24.5 Å². The Hall–Kier alpha value is -2.97. The number of imide groups is 1. The normalized spacial score (nSPS) is 18.2. The SMILES string of the molecule is O=C(NCCCN1C(=O)c2ccc([N+](=O)[O-])cc2C1=O)NC1CCCCCCCCCCC1. The molecule has 0 aromatic heterocycles. The van der Waals surface area contributed by atoms with Gasteiger partial charge in [-0.25, -0.2) is 4.79 Å². The standard InChI is InChI=1S/C24H34N4O5/c29-22-20-14-13-19(28(32)33)17-21(20)23(30)27(22)16-10-15-25-24(31)26-18-11-8-6-4-2-1-3-5-7-9-12-18/h13-14,17-18H,1-12,15-16H2,(H2,25,26,31). The Labute approximate surface area is 194 Å². The number of rotatable bonds is 6. The summed E-state index contributed by atoms with van der Waals surface area (Å²) in [5.41, 5.74) is 0.0167. The molecular formula is C24H34N4O5. The second kappa shape index (κ2) is 12.3. The number of benzene rings is 1. The largest absolute Gasteiger partial charge is 0.338 e. The zero-order valence-corrected chi connectivity index (χ0v) is 19.1.